The summed E-state index contributed by atoms with van der Waals surface area (Å²) >= 11 is 0. The van der Waals surface area contributed by atoms with Gasteiger partial charge in [-0.1, -0.05) is 37.6 Å². The van der Waals surface area contributed by atoms with Crippen molar-refractivity contribution in [1.82, 2.24) is 0 Å². The van der Waals surface area contributed by atoms with Gasteiger partial charge in [0.25, 0.3) is 0 Å². The minimum atomic E-state index is 0.383. The standard InChI is InChI=1S/C15H18O/c1-3-4-5-12-6-8-14-11(2)15(16)9-7-13(14)10-12/h6-10,16H,3-5H2,1-2H3. The van der Waals surface area contributed by atoms with Gasteiger partial charge in [0.15, 0.2) is 0 Å². The van der Waals surface area contributed by atoms with E-state index < -0.39 is 0 Å². The largest absolute Gasteiger partial charge is 0.508 e. The van der Waals surface area contributed by atoms with E-state index in [1.165, 1.54) is 23.8 Å². The van der Waals surface area contributed by atoms with Crippen LogP contribution in [0.4, 0.5) is 0 Å². The molecule has 0 atom stereocenters. The zero-order valence-corrected chi connectivity index (χ0v) is 9.96. The van der Waals surface area contributed by atoms with Gasteiger partial charge in [0, 0.05) is 0 Å². The predicted octanol–water partition coefficient (Wildman–Crippen LogP) is 4.20. The Morgan fingerprint density at radius 1 is 1.12 bits per heavy atom. The van der Waals surface area contributed by atoms with Crippen molar-refractivity contribution in [2.24, 2.45) is 0 Å². The van der Waals surface area contributed by atoms with Gasteiger partial charge in [-0.2, -0.15) is 0 Å². The summed E-state index contributed by atoms with van der Waals surface area (Å²) in [6.07, 6.45) is 3.61. The molecule has 0 radical (unpaired) electrons. The molecule has 2 rings (SSSR count). The fraction of sp³-hybridized carbons (Fsp3) is 0.333. The van der Waals surface area contributed by atoms with E-state index in [9.17, 15) is 5.11 Å². The zero-order chi connectivity index (χ0) is 11.5. The predicted molar refractivity (Wildman–Crippen MR) is 69.0 cm³/mol. The number of phenolic OH excluding ortho intramolecular Hbond substituents is 1. The lowest BCUT2D eigenvalue weighted by molar-refractivity contribution is 0.472. The number of hydrogen-bond acceptors (Lipinski definition) is 1. The van der Waals surface area contributed by atoms with Crippen LogP contribution in [0.1, 0.15) is 30.9 Å². The van der Waals surface area contributed by atoms with Crippen LogP contribution in [0.3, 0.4) is 0 Å². The average Bonchev–Trinajstić information content (AvgIpc) is 2.31. The van der Waals surface area contributed by atoms with Crippen molar-refractivity contribution in [3.63, 3.8) is 0 Å². The van der Waals surface area contributed by atoms with Crippen LogP contribution in [0, 0.1) is 6.92 Å². The van der Waals surface area contributed by atoms with E-state index in [1.807, 2.05) is 13.0 Å². The van der Waals surface area contributed by atoms with Crippen molar-refractivity contribution >= 4 is 10.8 Å². The minimum absolute atomic E-state index is 0.383. The molecule has 0 fully saturated rings. The maximum absolute atomic E-state index is 9.63. The number of fused-ring (bicyclic) bond motifs is 1. The first-order valence-corrected chi connectivity index (χ1v) is 5.93. The lowest BCUT2D eigenvalue weighted by Gasteiger charge is -2.07. The topological polar surface area (TPSA) is 20.2 Å². The highest BCUT2D eigenvalue weighted by molar-refractivity contribution is 5.88. The summed E-state index contributed by atoms with van der Waals surface area (Å²) in [6, 6.07) is 10.3. The van der Waals surface area contributed by atoms with Crippen molar-refractivity contribution in [2.45, 2.75) is 33.1 Å². The van der Waals surface area contributed by atoms with Gasteiger partial charge in [0.2, 0.25) is 0 Å². The van der Waals surface area contributed by atoms with Crippen LogP contribution in [0.15, 0.2) is 30.3 Å². The molecule has 0 amide bonds. The molecule has 1 nitrogen and oxygen atoms in total. The summed E-state index contributed by atoms with van der Waals surface area (Å²) in [5, 5.41) is 12.0. The van der Waals surface area contributed by atoms with Crippen LogP contribution >= 0.6 is 0 Å². The van der Waals surface area contributed by atoms with Gasteiger partial charge < -0.3 is 5.11 Å². The van der Waals surface area contributed by atoms with E-state index in [0.29, 0.717) is 5.75 Å². The maximum Gasteiger partial charge on any atom is 0.119 e. The molecule has 0 aromatic heterocycles. The number of unbranched alkanes of at least 4 members (excludes halogenated alkanes) is 1. The Balaban J connectivity index is 2.44. The second-order valence-electron chi connectivity index (χ2n) is 4.37. The lowest BCUT2D eigenvalue weighted by atomic mass is 10.00. The third kappa shape index (κ3) is 2.04. The number of rotatable bonds is 3. The zero-order valence-electron chi connectivity index (χ0n) is 9.96. The molecule has 1 heteroatoms. The van der Waals surface area contributed by atoms with Crippen molar-refractivity contribution in [2.75, 3.05) is 0 Å². The highest BCUT2D eigenvalue weighted by atomic mass is 16.3. The number of benzene rings is 2. The highest BCUT2D eigenvalue weighted by Crippen LogP contribution is 2.27. The Hall–Kier alpha value is -1.50. The average molecular weight is 214 g/mol. The van der Waals surface area contributed by atoms with Gasteiger partial charge in [0.1, 0.15) is 5.75 Å². The number of phenols is 1. The molecule has 0 heterocycles. The summed E-state index contributed by atoms with van der Waals surface area (Å²) < 4.78 is 0. The first-order valence-electron chi connectivity index (χ1n) is 5.93. The molecule has 0 bridgehead atoms. The van der Waals surface area contributed by atoms with Crippen molar-refractivity contribution in [1.29, 1.82) is 0 Å². The van der Waals surface area contributed by atoms with Crippen LogP contribution in [0.2, 0.25) is 0 Å². The molecule has 0 spiro atoms. The van der Waals surface area contributed by atoms with Crippen LogP contribution in [-0.2, 0) is 6.42 Å². The second kappa shape index (κ2) is 4.56. The summed E-state index contributed by atoms with van der Waals surface area (Å²) in [6.45, 7) is 4.17. The van der Waals surface area contributed by atoms with E-state index in [2.05, 4.69) is 25.1 Å². The maximum atomic E-state index is 9.63. The molecular formula is C15H18O. The fourth-order valence-corrected chi connectivity index (χ4v) is 2.06. The molecule has 0 unspecified atom stereocenters. The van der Waals surface area contributed by atoms with Crippen LogP contribution in [-0.4, -0.2) is 5.11 Å². The first kappa shape index (κ1) is 11.0. The van der Waals surface area contributed by atoms with E-state index in [1.54, 1.807) is 6.07 Å². The number of aryl methyl sites for hydroxylation is 2. The monoisotopic (exact) mass is 214 g/mol. The van der Waals surface area contributed by atoms with Gasteiger partial charge >= 0.3 is 0 Å². The molecular weight excluding hydrogens is 196 g/mol. The molecule has 0 aliphatic carbocycles. The van der Waals surface area contributed by atoms with E-state index in [-0.39, 0.29) is 0 Å². The molecule has 84 valence electrons. The minimum Gasteiger partial charge on any atom is -0.508 e. The Kier molecular flexibility index (Phi) is 3.14. The van der Waals surface area contributed by atoms with Gasteiger partial charge in [-0.15, -0.1) is 0 Å². The Labute approximate surface area is 96.7 Å². The summed E-state index contributed by atoms with van der Waals surface area (Å²) in [7, 11) is 0. The Morgan fingerprint density at radius 2 is 1.94 bits per heavy atom. The molecule has 2 aromatic rings. The van der Waals surface area contributed by atoms with Crippen LogP contribution < -0.4 is 0 Å². The molecule has 2 aromatic carbocycles. The summed E-state index contributed by atoms with van der Waals surface area (Å²) in [5.41, 5.74) is 2.36. The molecule has 1 N–H and O–H groups in total. The third-order valence-electron chi connectivity index (χ3n) is 3.14. The van der Waals surface area contributed by atoms with Crippen molar-refractivity contribution in [3.05, 3.63) is 41.5 Å². The molecule has 0 aliphatic heterocycles. The van der Waals surface area contributed by atoms with Gasteiger partial charge in [0.05, 0.1) is 0 Å². The van der Waals surface area contributed by atoms with Gasteiger partial charge in [-0.3, -0.25) is 0 Å². The summed E-state index contributed by atoms with van der Waals surface area (Å²) in [4.78, 5) is 0. The van der Waals surface area contributed by atoms with E-state index in [0.717, 1.165) is 17.4 Å². The van der Waals surface area contributed by atoms with Crippen LogP contribution in [0.25, 0.3) is 10.8 Å². The second-order valence-corrected chi connectivity index (χ2v) is 4.37. The smallest absolute Gasteiger partial charge is 0.119 e. The Morgan fingerprint density at radius 3 is 2.69 bits per heavy atom. The van der Waals surface area contributed by atoms with Gasteiger partial charge in [-0.05, 0) is 47.7 Å². The molecule has 16 heavy (non-hydrogen) atoms. The Bertz CT molecular complexity index is 500. The van der Waals surface area contributed by atoms with Gasteiger partial charge in [-0.25, -0.2) is 0 Å². The number of hydrogen-bond donors (Lipinski definition) is 1. The molecule has 0 saturated carbocycles. The number of aromatic hydroxyl groups is 1. The normalized spacial score (nSPS) is 10.9. The highest BCUT2D eigenvalue weighted by Gasteiger charge is 2.02. The molecule has 0 saturated heterocycles. The van der Waals surface area contributed by atoms with Crippen LogP contribution in [0.5, 0.6) is 5.75 Å². The third-order valence-corrected chi connectivity index (χ3v) is 3.14. The quantitative estimate of drug-likeness (QED) is 0.812. The van der Waals surface area contributed by atoms with E-state index in [4.69, 9.17) is 0 Å². The summed E-state index contributed by atoms with van der Waals surface area (Å²) in [5.74, 6) is 0.383. The molecule has 0 aliphatic rings. The van der Waals surface area contributed by atoms with Crippen molar-refractivity contribution in [3.8, 4) is 5.75 Å². The van der Waals surface area contributed by atoms with E-state index >= 15 is 0 Å². The first-order chi connectivity index (χ1) is 7.72. The van der Waals surface area contributed by atoms with Crippen molar-refractivity contribution < 1.29 is 5.11 Å². The lowest BCUT2D eigenvalue weighted by Crippen LogP contribution is -1.86. The fourth-order valence-electron chi connectivity index (χ4n) is 2.06. The SMILES string of the molecule is CCCCc1ccc2c(C)c(O)ccc2c1.